The first kappa shape index (κ1) is 14.1. The lowest BCUT2D eigenvalue weighted by Crippen LogP contribution is -2.15. The molecule has 1 fully saturated rings. The maximum absolute atomic E-state index is 11.7. The topological polar surface area (TPSA) is 65.2 Å². The number of anilines is 1. The molecule has 4 nitrogen and oxygen atoms in total. The Morgan fingerprint density at radius 2 is 1.89 bits per heavy atom. The number of carbonyl (C=O) groups excluding carboxylic acids is 1. The summed E-state index contributed by atoms with van der Waals surface area (Å²) in [5, 5.41) is 13.4. The highest BCUT2D eigenvalue weighted by Crippen LogP contribution is 2.33. The number of hydrogen-bond acceptors (Lipinski definition) is 4. The van der Waals surface area contributed by atoms with Crippen LogP contribution < -0.4 is 5.43 Å². The Bertz CT molecular complexity index is 580. The highest BCUT2D eigenvalue weighted by molar-refractivity contribution is 6.48. The molecule has 1 aliphatic carbocycles. The lowest BCUT2D eigenvalue weighted by molar-refractivity contribution is -0.113. The van der Waals surface area contributed by atoms with Crippen LogP contribution in [0.25, 0.3) is 0 Å². The average Bonchev–Trinajstić information content (AvgIpc) is 3.20. The van der Waals surface area contributed by atoms with Gasteiger partial charge in [-0.2, -0.15) is 10.4 Å². The van der Waals surface area contributed by atoms with Crippen molar-refractivity contribution in [2.45, 2.75) is 12.8 Å². The fraction of sp³-hybridized carbons (Fsp3) is 0.250. The maximum Gasteiger partial charge on any atom is 0.203 e. The molecule has 7 heteroatoms. The number of Topliss-reactive ketones (excluding diaryl/α,β-unsaturated/α-hetero) is 1. The zero-order valence-corrected chi connectivity index (χ0v) is 11.9. The van der Waals surface area contributed by atoms with Crippen LogP contribution in [-0.2, 0) is 4.79 Å². The van der Waals surface area contributed by atoms with E-state index in [4.69, 9.17) is 40.1 Å². The quantitative estimate of drug-likeness (QED) is 0.520. The standard InChI is InChI=1S/C12H8Cl3N3O/c13-8-3-7(4-9(14)11(8)15)17-18-10(5-16)12(19)6-1-2-6/h3-4,6,17H,1-2H2/b18-10+. The summed E-state index contributed by atoms with van der Waals surface area (Å²) in [6.45, 7) is 0. The van der Waals surface area contributed by atoms with E-state index in [0.29, 0.717) is 5.69 Å². The van der Waals surface area contributed by atoms with Gasteiger partial charge in [-0.15, -0.1) is 0 Å². The van der Waals surface area contributed by atoms with Crippen molar-refractivity contribution >= 4 is 52.0 Å². The fourth-order valence-corrected chi connectivity index (χ4v) is 2.01. The van der Waals surface area contributed by atoms with Gasteiger partial charge in [0.1, 0.15) is 6.07 Å². The third-order valence-electron chi connectivity index (χ3n) is 2.57. The Balaban J connectivity index is 2.16. The molecule has 1 saturated carbocycles. The van der Waals surface area contributed by atoms with E-state index in [2.05, 4.69) is 10.5 Å². The van der Waals surface area contributed by atoms with E-state index in [0.717, 1.165) is 12.8 Å². The van der Waals surface area contributed by atoms with E-state index < -0.39 is 0 Å². The van der Waals surface area contributed by atoms with Crippen LogP contribution in [0.4, 0.5) is 5.69 Å². The van der Waals surface area contributed by atoms with E-state index >= 15 is 0 Å². The van der Waals surface area contributed by atoms with Crippen molar-refractivity contribution in [3.8, 4) is 6.07 Å². The molecule has 1 aliphatic rings. The van der Waals surface area contributed by atoms with Crippen molar-refractivity contribution in [1.29, 1.82) is 5.26 Å². The molecule has 1 aromatic carbocycles. The minimum absolute atomic E-state index is 0.0578. The zero-order chi connectivity index (χ0) is 14.0. The summed E-state index contributed by atoms with van der Waals surface area (Å²) in [5.41, 5.74) is 2.89. The minimum Gasteiger partial charge on any atom is -0.291 e. The van der Waals surface area contributed by atoms with Crippen molar-refractivity contribution in [2.24, 2.45) is 11.0 Å². The molecule has 2 rings (SSSR count). The van der Waals surface area contributed by atoms with Gasteiger partial charge in [-0.1, -0.05) is 34.8 Å². The molecule has 0 aromatic heterocycles. The Labute approximate surface area is 124 Å². The number of rotatable bonds is 4. The van der Waals surface area contributed by atoms with Crippen molar-refractivity contribution in [2.75, 3.05) is 5.43 Å². The second kappa shape index (κ2) is 5.79. The predicted octanol–water partition coefficient (Wildman–Crippen LogP) is 3.92. The number of carbonyl (C=O) groups is 1. The third kappa shape index (κ3) is 3.38. The van der Waals surface area contributed by atoms with Crippen LogP contribution in [0.3, 0.4) is 0 Å². The smallest absolute Gasteiger partial charge is 0.203 e. The summed E-state index contributed by atoms with van der Waals surface area (Å²) in [4.78, 5) is 11.7. The van der Waals surface area contributed by atoms with Gasteiger partial charge in [-0.3, -0.25) is 10.2 Å². The van der Waals surface area contributed by atoms with Gasteiger partial charge in [0, 0.05) is 5.92 Å². The molecule has 0 atom stereocenters. The highest BCUT2D eigenvalue weighted by atomic mass is 35.5. The Morgan fingerprint density at radius 3 is 2.37 bits per heavy atom. The van der Waals surface area contributed by atoms with Gasteiger partial charge in [0.15, 0.2) is 5.78 Å². The normalized spacial score (nSPS) is 14.9. The SMILES string of the molecule is N#C/C(=N\Nc1cc(Cl)c(Cl)c(Cl)c1)C(=O)C1CC1. The van der Waals surface area contributed by atoms with Gasteiger partial charge in [0.2, 0.25) is 5.71 Å². The number of hydrogen-bond donors (Lipinski definition) is 1. The van der Waals surface area contributed by atoms with Crippen LogP contribution in [0, 0.1) is 17.2 Å². The van der Waals surface area contributed by atoms with Crippen LogP contribution in [0.2, 0.25) is 15.1 Å². The van der Waals surface area contributed by atoms with E-state index in [1.807, 2.05) is 0 Å². The van der Waals surface area contributed by atoms with Gasteiger partial charge in [0.25, 0.3) is 0 Å². The lowest BCUT2D eigenvalue weighted by atomic mass is 10.2. The molecule has 1 aromatic rings. The fourth-order valence-electron chi connectivity index (χ4n) is 1.41. The molecule has 98 valence electrons. The number of nitriles is 1. The van der Waals surface area contributed by atoms with Crippen LogP contribution in [0.5, 0.6) is 0 Å². The van der Waals surface area contributed by atoms with Crippen LogP contribution in [0.1, 0.15) is 12.8 Å². The molecular weight excluding hydrogens is 309 g/mol. The van der Waals surface area contributed by atoms with E-state index in [-0.39, 0.29) is 32.5 Å². The second-order valence-corrected chi connectivity index (χ2v) is 5.27. The van der Waals surface area contributed by atoms with Gasteiger partial charge < -0.3 is 0 Å². The summed E-state index contributed by atoms with van der Waals surface area (Å²) >= 11 is 17.5. The number of hydrazone groups is 1. The maximum atomic E-state index is 11.7. The van der Waals surface area contributed by atoms with Crippen LogP contribution >= 0.6 is 34.8 Å². The molecule has 1 N–H and O–H groups in total. The molecule has 0 heterocycles. The molecule has 0 unspecified atom stereocenters. The molecule has 0 amide bonds. The summed E-state index contributed by atoms with van der Waals surface area (Å²) in [6.07, 6.45) is 1.64. The Morgan fingerprint density at radius 1 is 1.32 bits per heavy atom. The van der Waals surface area contributed by atoms with Crippen LogP contribution in [-0.4, -0.2) is 11.5 Å². The number of benzene rings is 1. The molecule has 0 aliphatic heterocycles. The number of halogens is 3. The first-order chi connectivity index (χ1) is 9.02. The average molecular weight is 317 g/mol. The summed E-state index contributed by atoms with van der Waals surface area (Å²) in [6, 6.07) is 4.80. The van der Waals surface area contributed by atoms with Gasteiger partial charge in [-0.25, -0.2) is 0 Å². The third-order valence-corrected chi connectivity index (χ3v) is 3.76. The van der Waals surface area contributed by atoms with Gasteiger partial charge in [0.05, 0.1) is 20.8 Å². The number of ketones is 1. The van der Waals surface area contributed by atoms with Gasteiger partial charge in [-0.05, 0) is 25.0 Å². The largest absolute Gasteiger partial charge is 0.291 e. The second-order valence-electron chi connectivity index (χ2n) is 4.08. The molecule has 19 heavy (non-hydrogen) atoms. The van der Waals surface area contributed by atoms with Crippen molar-refractivity contribution in [1.82, 2.24) is 0 Å². The number of nitrogens with zero attached hydrogens (tertiary/aromatic N) is 2. The first-order valence-corrected chi connectivity index (χ1v) is 6.59. The predicted molar refractivity (Wildman–Crippen MR) is 75.9 cm³/mol. The molecule has 0 saturated heterocycles. The monoisotopic (exact) mass is 315 g/mol. The molecular formula is C12H8Cl3N3O. The van der Waals surface area contributed by atoms with E-state index in [1.165, 1.54) is 12.1 Å². The molecule has 0 radical (unpaired) electrons. The molecule has 0 spiro atoms. The van der Waals surface area contributed by atoms with E-state index in [9.17, 15) is 4.79 Å². The summed E-state index contributed by atoms with van der Waals surface area (Å²) < 4.78 is 0. The first-order valence-electron chi connectivity index (χ1n) is 5.45. The Hall–Kier alpha value is -1.28. The van der Waals surface area contributed by atoms with E-state index in [1.54, 1.807) is 6.07 Å². The van der Waals surface area contributed by atoms with Crippen molar-refractivity contribution in [3.63, 3.8) is 0 Å². The van der Waals surface area contributed by atoms with Crippen LogP contribution in [0.15, 0.2) is 17.2 Å². The highest BCUT2D eigenvalue weighted by Gasteiger charge is 2.33. The zero-order valence-electron chi connectivity index (χ0n) is 9.58. The number of nitrogens with one attached hydrogen (secondary N) is 1. The summed E-state index contributed by atoms with van der Waals surface area (Å²) in [5.74, 6) is -0.293. The van der Waals surface area contributed by atoms with Gasteiger partial charge >= 0.3 is 0 Å². The van der Waals surface area contributed by atoms with Crippen molar-refractivity contribution < 1.29 is 4.79 Å². The molecule has 0 bridgehead atoms. The minimum atomic E-state index is -0.235. The summed E-state index contributed by atoms with van der Waals surface area (Å²) in [7, 11) is 0. The lowest BCUT2D eigenvalue weighted by Gasteiger charge is -2.05. The Kier molecular flexibility index (Phi) is 4.31. The van der Waals surface area contributed by atoms with Crippen molar-refractivity contribution in [3.05, 3.63) is 27.2 Å².